The number of fused-ring (bicyclic) bond motifs is 2. The van der Waals surface area contributed by atoms with E-state index in [2.05, 4.69) is 45.0 Å². The lowest BCUT2D eigenvalue weighted by Crippen LogP contribution is -2.15. The first kappa shape index (κ1) is 22.2. The highest BCUT2D eigenvalue weighted by Gasteiger charge is 2.33. The van der Waals surface area contributed by atoms with Crippen molar-refractivity contribution in [2.45, 2.75) is 103 Å². The van der Waals surface area contributed by atoms with Gasteiger partial charge in [-0.15, -0.1) is 0 Å². The fourth-order valence-corrected chi connectivity index (χ4v) is 7.06. The van der Waals surface area contributed by atoms with Crippen LogP contribution in [0.1, 0.15) is 122 Å². The number of hydrogen-bond donors (Lipinski definition) is 1. The number of aryl methyl sites for hydroxylation is 2. The van der Waals surface area contributed by atoms with Crippen molar-refractivity contribution in [1.82, 2.24) is 0 Å². The van der Waals surface area contributed by atoms with Crippen LogP contribution in [0.25, 0.3) is 0 Å². The summed E-state index contributed by atoms with van der Waals surface area (Å²) in [5, 5.41) is 0. The van der Waals surface area contributed by atoms with Gasteiger partial charge in [-0.3, -0.25) is 0 Å². The van der Waals surface area contributed by atoms with Gasteiger partial charge in [0.2, 0.25) is 0 Å². The maximum atomic E-state index is 11.0. The molecule has 0 spiro atoms. The second-order valence-electron chi connectivity index (χ2n) is 10.4. The fourth-order valence-electron chi connectivity index (χ4n) is 6.29. The lowest BCUT2D eigenvalue weighted by molar-refractivity contribution is 0.357. The van der Waals surface area contributed by atoms with E-state index < -0.39 is 8.60 Å². The molecule has 3 aliphatic rings. The zero-order valence-corrected chi connectivity index (χ0v) is 20.7. The Labute approximate surface area is 194 Å². The molecule has 0 unspecified atom stereocenters. The van der Waals surface area contributed by atoms with Crippen LogP contribution in [0.15, 0.2) is 24.3 Å². The summed E-state index contributed by atoms with van der Waals surface area (Å²) in [5.41, 5.74) is 7.53. The van der Waals surface area contributed by atoms with Gasteiger partial charge in [-0.05, 0) is 62.5 Å². The minimum Gasteiger partial charge on any atom is -0.417 e. The van der Waals surface area contributed by atoms with Gasteiger partial charge in [-0.1, -0.05) is 80.8 Å². The summed E-state index contributed by atoms with van der Waals surface area (Å²) in [6.07, 6.45) is 12.6. The fraction of sp³-hybridized carbons (Fsp3) is 0.571. The van der Waals surface area contributed by atoms with Gasteiger partial charge in [0.25, 0.3) is 0 Å². The summed E-state index contributed by atoms with van der Waals surface area (Å²) < 4.78 is 12.5. The van der Waals surface area contributed by atoms with Crippen LogP contribution < -0.4 is 9.05 Å². The molecule has 4 heteroatoms. The Kier molecular flexibility index (Phi) is 6.50. The van der Waals surface area contributed by atoms with Crippen LogP contribution in [0.4, 0.5) is 0 Å². The highest BCUT2D eigenvalue weighted by Crippen LogP contribution is 2.54. The SMILES string of the molecule is Cc1cc(C2CCCCC2)c2c(c1)C(C)c1cc(C)cc(C3CCCCC3)c1OP(O)O2. The molecule has 0 amide bonds. The van der Waals surface area contributed by atoms with Gasteiger partial charge in [0, 0.05) is 17.0 Å². The van der Waals surface area contributed by atoms with Gasteiger partial charge in [0.1, 0.15) is 11.5 Å². The molecule has 0 atom stereocenters. The van der Waals surface area contributed by atoms with Gasteiger partial charge in [-0.2, -0.15) is 0 Å². The minimum atomic E-state index is -2.02. The second-order valence-corrected chi connectivity index (χ2v) is 11.2. The average Bonchev–Trinajstić information content (AvgIpc) is 2.80. The highest BCUT2D eigenvalue weighted by molar-refractivity contribution is 7.41. The summed E-state index contributed by atoms with van der Waals surface area (Å²) in [5.74, 6) is 2.96. The van der Waals surface area contributed by atoms with E-state index in [1.807, 2.05) is 0 Å². The average molecular weight is 453 g/mol. The predicted octanol–water partition coefficient (Wildman–Crippen LogP) is 8.54. The third kappa shape index (κ3) is 4.31. The Balaban J connectivity index is 1.64. The molecule has 0 bridgehead atoms. The first-order valence-electron chi connectivity index (χ1n) is 12.6. The van der Waals surface area contributed by atoms with Crippen LogP contribution in [0.5, 0.6) is 11.5 Å². The number of rotatable bonds is 2. The van der Waals surface area contributed by atoms with E-state index in [9.17, 15) is 4.89 Å². The molecule has 2 aromatic carbocycles. The van der Waals surface area contributed by atoms with Gasteiger partial charge < -0.3 is 13.9 Å². The Morgan fingerprint density at radius 2 is 1.03 bits per heavy atom. The first-order chi connectivity index (χ1) is 15.5. The van der Waals surface area contributed by atoms with Gasteiger partial charge in [0.05, 0.1) is 0 Å². The zero-order valence-electron chi connectivity index (χ0n) is 19.8. The van der Waals surface area contributed by atoms with E-state index in [-0.39, 0.29) is 5.92 Å². The molecule has 1 heterocycles. The molecule has 32 heavy (non-hydrogen) atoms. The largest absolute Gasteiger partial charge is 0.460 e. The molecule has 2 aliphatic carbocycles. The summed E-state index contributed by atoms with van der Waals surface area (Å²) in [6.45, 7) is 6.67. The van der Waals surface area contributed by atoms with E-state index in [1.165, 1.54) is 97.6 Å². The maximum absolute atomic E-state index is 11.0. The topological polar surface area (TPSA) is 38.7 Å². The predicted molar refractivity (Wildman–Crippen MR) is 132 cm³/mol. The molecule has 1 N–H and O–H groups in total. The van der Waals surface area contributed by atoms with Crippen molar-refractivity contribution in [3.05, 3.63) is 57.6 Å². The summed E-state index contributed by atoms with van der Waals surface area (Å²) in [7, 11) is -2.02. The smallest absolute Gasteiger partial charge is 0.417 e. The molecule has 3 nitrogen and oxygen atoms in total. The van der Waals surface area contributed by atoms with Crippen LogP contribution in [0.3, 0.4) is 0 Å². The lowest BCUT2D eigenvalue weighted by Gasteiger charge is -2.33. The van der Waals surface area contributed by atoms with Crippen LogP contribution >= 0.6 is 8.60 Å². The third-order valence-electron chi connectivity index (χ3n) is 7.94. The van der Waals surface area contributed by atoms with E-state index in [0.29, 0.717) is 11.8 Å². The van der Waals surface area contributed by atoms with E-state index in [0.717, 1.165) is 11.5 Å². The van der Waals surface area contributed by atoms with Gasteiger partial charge in [-0.25, -0.2) is 0 Å². The molecule has 0 saturated heterocycles. The molecule has 1 aliphatic heterocycles. The molecule has 0 aromatic heterocycles. The summed E-state index contributed by atoms with van der Waals surface area (Å²) in [4.78, 5) is 11.0. The van der Waals surface area contributed by atoms with Crippen molar-refractivity contribution in [2.24, 2.45) is 0 Å². The number of benzene rings is 2. The van der Waals surface area contributed by atoms with Crippen molar-refractivity contribution in [3.8, 4) is 11.5 Å². The normalized spacial score (nSPS) is 24.5. The third-order valence-corrected chi connectivity index (χ3v) is 8.62. The van der Waals surface area contributed by atoms with Crippen LogP contribution in [0, 0.1) is 13.8 Å². The number of hydrogen-bond acceptors (Lipinski definition) is 3. The molecular formula is C28H37O3P. The van der Waals surface area contributed by atoms with Crippen LogP contribution in [-0.4, -0.2) is 4.89 Å². The Bertz CT molecular complexity index is 896. The Hall–Kier alpha value is -1.57. The molecule has 2 aromatic rings. The monoisotopic (exact) mass is 452 g/mol. The maximum Gasteiger partial charge on any atom is 0.460 e. The highest BCUT2D eigenvalue weighted by atomic mass is 31.2. The Morgan fingerprint density at radius 1 is 0.656 bits per heavy atom. The van der Waals surface area contributed by atoms with Crippen molar-refractivity contribution >= 4 is 8.60 Å². The van der Waals surface area contributed by atoms with E-state index in [4.69, 9.17) is 9.05 Å². The standard InChI is InChI=1S/C28H37O3P/c1-18-14-23-20(3)24-15-19(2)17-26(22-12-8-5-9-13-22)28(24)31-32(29)30-27(23)25(16-18)21-10-6-4-7-11-21/h14-17,20-22,29H,4-13H2,1-3H3. The van der Waals surface area contributed by atoms with E-state index >= 15 is 0 Å². The molecular weight excluding hydrogens is 415 g/mol. The van der Waals surface area contributed by atoms with Crippen molar-refractivity contribution < 1.29 is 13.9 Å². The Morgan fingerprint density at radius 3 is 1.44 bits per heavy atom. The van der Waals surface area contributed by atoms with Crippen molar-refractivity contribution in [3.63, 3.8) is 0 Å². The zero-order chi connectivity index (χ0) is 22.2. The summed E-state index contributed by atoms with van der Waals surface area (Å²) in [6, 6.07) is 9.12. The molecule has 0 radical (unpaired) electrons. The van der Waals surface area contributed by atoms with Crippen LogP contribution in [0.2, 0.25) is 0 Å². The van der Waals surface area contributed by atoms with E-state index in [1.54, 1.807) is 0 Å². The van der Waals surface area contributed by atoms with Gasteiger partial charge in [0.15, 0.2) is 0 Å². The van der Waals surface area contributed by atoms with Crippen molar-refractivity contribution in [2.75, 3.05) is 0 Å². The minimum absolute atomic E-state index is 0.160. The summed E-state index contributed by atoms with van der Waals surface area (Å²) >= 11 is 0. The molecule has 5 rings (SSSR count). The lowest BCUT2D eigenvalue weighted by atomic mass is 9.78. The molecule has 2 saturated carbocycles. The van der Waals surface area contributed by atoms with Crippen molar-refractivity contribution in [1.29, 1.82) is 0 Å². The first-order valence-corrected chi connectivity index (χ1v) is 13.8. The molecule has 2 fully saturated rings. The molecule has 172 valence electrons. The second kappa shape index (κ2) is 9.35. The van der Waals surface area contributed by atoms with Crippen LogP contribution in [-0.2, 0) is 0 Å². The van der Waals surface area contributed by atoms with Gasteiger partial charge >= 0.3 is 8.60 Å². The quantitative estimate of drug-likeness (QED) is 0.464.